The second-order valence-electron chi connectivity index (χ2n) is 18.8. The third-order valence-electron chi connectivity index (χ3n) is 14.1. The normalized spacial score (nSPS) is 31.7. The van der Waals surface area contributed by atoms with Crippen LogP contribution in [0.5, 0.6) is 17.2 Å². The van der Waals surface area contributed by atoms with Gasteiger partial charge in [0.05, 0.1) is 104 Å². The topological polar surface area (TPSA) is 324 Å². The minimum absolute atomic E-state index is 0.00345. The zero-order chi connectivity index (χ0) is 54.9. The Kier molecular flexibility index (Phi) is 20.1. The molecule has 26 nitrogen and oxygen atoms in total. The van der Waals surface area contributed by atoms with Crippen molar-refractivity contribution in [2.24, 2.45) is 20.5 Å². The molecule has 0 N–H and O–H groups in total. The van der Waals surface area contributed by atoms with Crippen LogP contribution in [-0.2, 0) is 71.9 Å². The maximum Gasteiger partial charge on any atom is 0.187 e. The van der Waals surface area contributed by atoms with Gasteiger partial charge in [-0.3, -0.25) is 0 Å². The summed E-state index contributed by atoms with van der Waals surface area (Å²) in [7, 11) is 4.72. The summed E-state index contributed by atoms with van der Waals surface area (Å²) < 4.78 is 89.9. The predicted octanol–water partition coefficient (Wildman–Crippen LogP) is 9.19. The number of nitrogens with zero attached hydrogens (tertiary/aromatic N) is 12. The molecule has 0 spiro atoms. The summed E-state index contributed by atoms with van der Waals surface area (Å²) in [5.41, 5.74) is 43.1. The van der Waals surface area contributed by atoms with E-state index in [1.54, 1.807) is 45.6 Å². The standard InChI is InChI=1S/C53H60N12O14/c1-66-35-17-11-31(12-18-35)27-71-46-40(26-58-62-54)75-53-50(49(46)73-29-33-15-21-37(68-3)22-16-33)70-24-8-7-23-69-48-43(38(59-63-55)25-39(60-64-56)44(48)78-53)77-52-47(72-28-32-13-19-36(67-2)20-14-32)42(61-65-57)45-41(76-52)30-74-51(79-45)34-9-5-4-6-10-34/h4-22,38-53H,23-30H2,1-3H3/b8-7-/t38-,39+,40-,41-,42+,43+,44-,45-,46-,47-,48-,49+,50-,51+,52-,53-/m1/s1. The van der Waals surface area contributed by atoms with E-state index in [-0.39, 0.29) is 52.6 Å². The molecule has 79 heavy (non-hydrogen) atoms. The van der Waals surface area contributed by atoms with Gasteiger partial charge in [0.15, 0.2) is 18.9 Å². The minimum Gasteiger partial charge on any atom is -0.497 e. The van der Waals surface area contributed by atoms with Gasteiger partial charge in [-0.2, -0.15) is 0 Å². The zero-order valence-electron chi connectivity index (χ0n) is 43.4. The molecule has 26 heteroatoms. The fourth-order valence-electron chi connectivity index (χ4n) is 10.2. The summed E-state index contributed by atoms with van der Waals surface area (Å²) in [4.78, 5) is 12.7. The molecule has 4 aliphatic heterocycles. The molecule has 3 saturated heterocycles. The summed E-state index contributed by atoms with van der Waals surface area (Å²) >= 11 is 0. The van der Waals surface area contributed by atoms with Crippen molar-refractivity contribution in [3.05, 3.63) is 179 Å². The van der Waals surface area contributed by atoms with E-state index in [1.807, 2.05) is 91.0 Å². The van der Waals surface area contributed by atoms with Crippen molar-refractivity contribution in [2.45, 2.75) is 124 Å². The molecule has 4 aromatic rings. The number of hydrogen-bond acceptors (Lipinski definition) is 18. The van der Waals surface area contributed by atoms with Gasteiger partial charge in [-0.05, 0) is 81.6 Å². The molecule has 1 aliphatic carbocycles. The Morgan fingerprint density at radius 2 is 1.08 bits per heavy atom. The van der Waals surface area contributed by atoms with E-state index >= 15 is 0 Å². The van der Waals surface area contributed by atoms with Gasteiger partial charge in [-0.1, -0.05) is 99.3 Å². The van der Waals surface area contributed by atoms with Crippen molar-refractivity contribution < 1.29 is 66.3 Å². The first kappa shape index (κ1) is 56.5. The summed E-state index contributed by atoms with van der Waals surface area (Å²) in [5.74, 6) is 1.95. The van der Waals surface area contributed by atoms with Crippen LogP contribution in [0.3, 0.4) is 0 Å². The highest BCUT2D eigenvalue weighted by Gasteiger charge is 2.57. The summed E-state index contributed by atoms with van der Waals surface area (Å²) in [5, 5.41) is 16.5. The lowest BCUT2D eigenvalue weighted by Crippen LogP contribution is -2.66. The monoisotopic (exact) mass is 1090 g/mol. The first-order valence-electron chi connectivity index (χ1n) is 25.5. The van der Waals surface area contributed by atoms with Crippen LogP contribution in [0.2, 0.25) is 0 Å². The Morgan fingerprint density at radius 3 is 1.65 bits per heavy atom. The van der Waals surface area contributed by atoms with Crippen LogP contribution < -0.4 is 14.2 Å². The molecule has 0 amide bonds. The fourth-order valence-corrected chi connectivity index (χ4v) is 10.2. The van der Waals surface area contributed by atoms with Crippen LogP contribution in [0, 0.1) is 0 Å². The third kappa shape index (κ3) is 14.0. The average molecular weight is 1090 g/mol. The van der Waals surface area contributed by atoms with Gasteiger partial charge in [0.1, 0.15) is 60.0 Å². The lowest BCUT2D eigenvalue weighted by atomic mass is 9.83. The number of fused-ring (bicyclic) bond motifs is 3. The van der Waals surface area contributed by atoms with Gasteiger partial charge in [0.25, 0.3) is 0 Å². The smallest absolute Gasteiger partial charge is 0.187 e. The highest BCUT2D eigenvalue weighted by Crippen LogP contribution is 2.42. The lowest BCUT2D eigenvalue weighted by Gasteiger charge is -2.51. The molecule has 4 heterocycles. The van der Waals surface area contributed by atoms with Crippen LogP contribution in [0.15, 0.2) is 136 Å². The quantitative estimate of drug-likeness (QED) is 0.0345. The molecule has 4 fully saturated rings. The third-order valence-corrected chi connectivity index (χ3v) is 14.1. The van der Waals surface area contributed by atoms with Gasteiger partial charge < -0.3 is 66.3 Å². The van der Waals surface area contributed by atoms with E-state index in [4.69, 9.17) is 66.3 Å². The zero-order valence-corrected chi connectivity index (χ0v) is 43.4. The molecule has 416 valence electrons. The average Bonchev–Trinajstić information content (AvgIpc) is 3.66. The first-order chi connectivity index (χ1) is 38.8. The molecule has 0 unspecified atom stereocenters. The van der Waals surface area contributed by atoms with Gasteiger partial charge in [0, 0.05) is 25.2 Å². The van der Waals surface area contributed by atoms with E-state index in [1.165, 1.54) is 0 Å². The molecule has 0 aromatic heterocycles. The molecular formula is C53H60N12O14. The molecule has 4 aromatic carbocycles. The van der Waals surface area contributed by atoms with Crippen molar-refractivity contribution >= 4 is 0 Å². The Bertz CT molecular complexity index is 2820. The Morgan fingerprint density at radius 1 is 0.519 bits per heavy atom. The Labute approximate surface area is 454 Å². The van der Waals surface area contributed by atoms with Crippen LogP contribution >= 0.6 is 0 Å². The van der Waals surface area contributed by atoms with E-state index < -0.39 is 98.0 Å². The number of benzene rings is 4. The second-order valence-corrected chi connectivity index (χ2v) is 18.8. The van der Waals surface area contributed by atoms with Gasteiger partial charge in [-0.25, -0.2) is 0 Å². The molecule has 0 radical (unpaired) electrons. The number of azide groups is 4. The SMILES string of the molecule is COc1ccc(CO[C@@H]2[C@H]3OC/C=C\CO[C@@H]4[C@@H](O[C@H]5O[C@@H]6CO[C@H](c7ccccc7)O[C@H]6[C@H](N=[N+]=[N-])[C@H]5OCc5ccc(OC)cc5)[C@H](N=[N+]=[N-])C[C@H](N=[N+]=[N-])[C@H]4O[C@H]3O[C@H](CN=[N+]=[N-])[C@H]2OCc2ccc(OC)cc2)cc1. The number of rotatable bonds is 20. The Balaban J connectivity index is 1.07. The largest absolute Gasteiger partial charge is 0.497 e. The van der Waals surface area contributed by atoms with E-state index in [0.717, 1.165) is 22.3 Å². The molecule has 9 rings (SSSR count). The summed E-state index contributed by atoms with van der Waals surface area (Å²) in [6, 6.07) is 28.0. The number of hydrogen-bond donors (Lipinski definition) is 0. The molecule has 0 bridgehead atoms. The van der Waals surface area contributed by atoms with Crippen molar-refractivity contribution in [2.75, 3.05) is 47.7 Å². The van der Waals surface area contributed by atoms with Crippen LogP contribution in [0.1, 0.15) is 35.0 Å². The summed E-state index contributed by atoms with van der Waals surface area (Å²) in [6.45, 7) is -0.115. The van der Waals surface area contributed by atoms with E-state index in [9.17, 15) is 22.1 Å². The second kappa shape index (κ2) is 28.1. The van der Waals surface area contributed by atoms with E-state index in [2.05, 4.69) is 40.1 Å². The Hall–Kier alpha value is -7.18. The molecule has 5 aliphatic rings. The summed E-state index contributed by atoms with van der Waals surface area (Å²) in [6.07, 6.45) is -10.8. The minimum atomic E-state index is -1.37. The number of methoxy groups -OCH3 is 3. The van der Waals surface area contributed by atoms with Crippen molar-refractivity contribution in [3.63, 3.8) is 0 Å². The van der Waals surface area contributed by atoms with E-state index in [0.29, 0.717) is 17.2 Å². The maximum absolute atomic E-state index is 10.2. The molecule has 1 saturated carbocycles. The fraction of sp³-hybridized carbons (Fsp3) is 0.509. The van der Waals surface area contributed by atoms with Crippen LogP contribution in [0.25, 0.3) is 41.8 Å². The van der Waals surface area contributed by atoms with Gasteiger partial charge in [-0.15, -0.1) is 0 Å². The lowest BCUT2D eigenvalue weighted by molar-refractivity contribution is -0.365. The van der Waals surface area contributed by atoms with Crippen LogP contribution in [0.4, 0.5) is 0 Å². The van der Waals surface area contributed by atoms with Gasteiger partial charge in [0.2, 0.25) is 0 Å². The predicted molar refractivity (Wildman–Crippen MR) is 278 cm³/mol. The van der Waals surface area contributed by atoms with Gasteiger partial charge >= 0.3 is 0 Å². The van der Waals surface area contributed by atoms with Crippen molar-refractivity contribution in [1.29, 1.82) is 0 Å². The molecular weight excluding hydrogens is 1030 g/mol. The first-order valence-corrected chi connectivity index (χ1v) is 25.5. The maximum atomic E-state index is 10.2. The van der Waals surface area contributed by atoms with Crippen molar-refractivity contribution in [1.82, 2.24) is 0 Å². The van der Waals surface area contributed by atoms with Crippen molar-refractivity contribution in [3.8, 4) is 17.2 Å². The van der Waals surface area contributed by atoms with Crippen LogP contribution in [-0.4, -0.2) is 139 Å². The highest BCUT2D eigenvalue weighted by molar-refractivity contribution is 5.29. The molecule has 16 atom stereocenters. The number of ether oxygens (including phenoxy) is 14. The highest BCUT2D eigenvalue weighted by atomic mass is 16.8.